The molecule has 1 atom stereocenters. The molecule has 0 radical (unpaired) electrons. The van der Waals surface area contributed by atoms with Gasteiger partial charge in [0, 0.05) is 6.42 Å². The molecule has 0 bridgehead atoms. The molecule has 0 heterocycles. The fraction of sp³-hybridized carbons (Fsp3) is 0.786. The van der Waals surface area contributed by atoms with Gasteiger partial charge in [-0.25, -0.2) is 0 Å². The zero-order valence-electron chi connectivity index (χ0n) is 30.8. The van der Waals surface area contributed by atoms with E-state index in [1.54, 1.807) is 0 Å². The van der Waals surface area contributed by atoms with Gasteiger partial charge < -0.3 is 9.64 Å². The number of allylic oxidation sites excluding steroid dienone is 8. The normalized spacial score (nSPS) is 13.0. The highest BCUT2D eigenvalue weighted by Gasteiger charge is 2.14. The average molecular weight is 628 g/mol. The van der Waals surface area contributed by atoms with Crippen molar-refractivity contribution in [1.29, 1.82) is 0 Å². The Morgan fingerprint density at radius 2 is 0.956 bits per heavy atom. The first-order valence-electron chi connectivity index (χ1n) is 19.6. The maximum atomic E-state index is 12.5. The molecule has 0 amide bonds. The summed E-state index contributed by atoms with van der Waals surface area (Å²) in [5.74, 6) is 0.00532. The molecule has 0 aromatic rings. The molecular formula is C42H77NO2. The van der Waals surface area contributed by atoms with E-state index in [-0.39, 0.29) is 12.1 Å². The van der Waals surface area contributed by atoms with Crippen LogP contribution in [0.25, 0.3) is 0 Å². The van der Waals surface area contributed by atoms with Crippen molar-refractivity contribution in [1.82, 2.24) is 4.90 Å². The Morgan fingerprint density at radius 1 is 0.533 bits per heavy atom. The Balaban J connectivity index is 4.03. The van der Waals surface area contributed by atoms with Crippen molar-refractivity contribution >= 4 is 5.97 Å². The van der Waals surface area contributed by atoms with Crippen LogP contribution in [0.4, 0.5) is 0 Å². The van der Waals surface area contributed by atoms with Crippen molar-refractivity contribution in [2.24, 2.45) is 0 Å². The van der Waals surface area contributed by atoms with Gasteiger partial charge in [0.1, 0.15) is 6.10 Å². The van der Waals surface area contributed by atoms with E-state index < -0.39 is 0 Å². The molecule has 262 valence electrons. The van der Waals surface area contributed by atoms with E-state index in [1.807, 2.05) is 0 Å². The first-order valence-corrected chi connectivity index (χ1v) is 19.6. The van der Waals surface area contributed by atoms with Crippen LogP contribution in [-0.4, -0.2) is 37.6 Å². The van der Waals surface area contributed by atoms with Gasteiger partial charge in [-0.1, -0.05) is 140 Å². The van der Waals surface area contributed by atoms with Crippen LogP contribution in [0.2, 0.25) is 0 Å². The molecule has 0 saturated heterocycles. The number of unbranched alkanes of at least 4 members (excludes halogenated alkanes) is 18. The third-order valence-electron chi connectivity index (χ3n) is 8.52. The average Bonchev–Trinajstić information content (AvgIpc) is 3.02. The number of hydrogen-bond donors (Lipinski definition) is 0. The summed E-state index contributed by atoms with van der Waals surface area (Å²) in [6.07, 6.45) is 51.3. The summed E-state index contributed by atoms with van der Waals surface area (Å²) in [5.41, 5.74) is 0. The highest BCUT2D eigenvalue weighted by Crippen LogP contribution is 2.18. The van der Waals surface area contributed by atoms with Crippen LogP contribution in [0.1, 0.15) is 187 Å². The number of hydrogen-bond acceptors (Lipinski definition) is 3. The molecule has 0 aliphatic carbocycles. The van der Waals surface area contributed by atoms with Gasteiger partial charge >= 0.3 is 5.97 Å². The van der Waals surface area contributed by atoms with Gasteiger partial charge in [-0.15, -0.1) is 0 Å². The summed E-state index contributed by atoms with van der Waals surface area (Å²) < 4.78 is 5.99. The van der Waals surface area contributed by atoms with Crippen molar-refractivity contribution in [3.05, 3.63) is 48.6 Å². The molecule has 0 saturated carbocycles. The molecule has 1 unspecified atom stereocenters. The zero-order chi connectivity index (χ0) is 32.9. The summed E-state index contributed by atoms with van der Waals surface area (Å²) in [7, 11) is 4.12. The Morgan fingerprint density at radius 3 is 1.42 bits per heavy atom. The minimum atomic E-state index is 0.00532. The lowest BCUT2D eigenvalue weighted by Gasteiger charge is -2.18. The Bertz CT molecular complexity index is 720. The fourth-order valence-corrected chi connectivity index (χ4v) is 5.61. The number of nitrogens with zero attached hydrogens (tertiary/aromatic N) is 1. The molecule has 45 heavy (non-hydrogen) atoms. The first kappa shape index (κ1) is 43.4. The predicted molar refractivity (Wildman–Crippen MR) is 201 cm³/mol. The van der Waals surface area contributed by atoms with Crippen molar-refractivity contribution in [2.45, 2.75) is 193 Å². The number of carbonyl (C=O) groups excluding carboxylic acids is 1. The number of ether oxygens (including phenoxy) is 1. The second-order valence-electron chi connectivity index (χ2n) is 13.4. The highest BCUT2D eigenvalue weighted by atomic mass is 16.5. The molecule has 0 rings (SSSR count). The van der Waals surface area contributed by atoms with E-state index in [4.69, 9.17) is 4.74 Å². The number of carbonyl (C=O) groups is 1. The van der Waals surface area contributed by atoms with Crippen molar-refractivity contribution in [2.75, 3.05) is 20.6 Å². The Labute approximate surface area is 282 Å². The molecule has 0 aromatic heterocycles. The zero-order valence-corrected chi connectivity index (χ0v) is 30.8. The van der Waals surface area contributed by atoms with Crippen LogP contribution >= 0.6 is 0 Å². The summed E-state index contributed by atoms with van der Waals surface area (Å²) >= 11 is 0. The molecule has 0 fully saturated rings. The summed E-state index contributed by atoms with van der Waals surface area (Å²) in [6.45, 7) is 5.46. The largest absolute Gasteiger partial charge is 0.462 e. The summed E-state index contributed by atoms with van der Waals surface area (Å²) in [6, 6.07) is 0. The molecule has 0 spiro atoms. The second kappa shape index (κ2) is 36.9. The highest BCUT2D eigenvalue weighted by molar-refractivity contribution is 5.69. The quantitative estimate of drug-likeness (QED) is 0.0308. The van der Waals surface area contributed by atoms with Crippen LogP contribution in [0.15, 0.2) is 48.6 Å². The van der Waals surface area contributed by atoms with Crippen LogP contribution in [0, 0.1) is 0 Å². The monoisotopic (exact) mass is 628 g/mol. The van der Waals surface area contributed by atoms with E-state index in [1.165, 1.54) is 141 Å². The smallest absolute Gasteiger partial charge is 0.306 e. The van der Waals surface area contributed by atoms with Gasteiger partial charge in [0.25, 0.3) is 0 Å². The third-order valence-corrected chi connectivity index (χ3v) is 8.52. The van der Waals surface area contributed by atoms with Crippen LogP contribution in [0.3, 0.4) is 0 Å². The van der Waals surface area contributed by atoms with Gasteiger partial charge in [-0.05, 0) is 111 Å². The van der Waals surface area contributed by atoms with Crippen molar-refractivity contribution in [3.8, 4) is 0 Å². The Hall–Kier alpha value is -1.61. The SMILES string of the molecule is CCCCC/C=C\C/C=C\CCCCCCCCC(CCCCCCCC/C=C\C=C\CCCCC)OC(=O)CCCN(C)C. The lowest BCUT2D eigenvalue weighted by molar-refractivity contribution is -0.150. The lowest BCUT2D eigenvalue weighted by Crippen LogP contribution is -2.20. The molecule has 0 N–H and O–H groups in total. The van der Waals surface area contributed by atoms with Gasteiger partial charge in [0.15, 0.2) is 0 Å². The number of esters is 1. The predicted octanol–water partition coefficient (Wildman–Crippen LogP) is 13.3. The van der Waals surface area contributed by atoms with E-state index in [0.717, 1.165) is 32.2 Å². The topological polar surface area (TPSA) is 29.5 Å². The van der Waals surface area contributed by atoms with Crippen LogP contribution < -0.4 is 0 Å². The fourth-order valence-electron chi connectivity index (χ4n) is 5.61. The van der Waals surface area contributed by atoms with E-state index in [2.05, 4.69) is 81.5 Å². The van der Waals surface area contributed by atoms with Gasteiger partial charge in [-0.2, -0.15) is 0 Å². The van der Waals surface area contributed by atoms with Gasteiger partial charge in [0.2, 0.25) is 0 Å². The maximum absolute atomic E-state index is 12.5. The number of rotatable bonds is 34. The minimum absolute atomic E-state index is 0.00532. The van der Waals surface area contributed by atoms with Crippen LogP contribution in [-0.2, 0) is 9.53 Å². The van der Waals surface area contributed by atoms with E-state index >= 15 is 0 Å². The van der Waals surface area contributed by atoms with E-state index in [9.17, 15) is 4.79 Å². The van der Waals surface area contributed by atoms with Crippen molar-refractivity contribution < 1.29 is 9.53 Å². The molecule has 0 aliphatic heterocycles. The maximum Gasteiger partial charge on any atom is 0.306 e. The molecule has 3 heteroatoms. The van der Waals surface area contributed by atoms with Gasteiger partial charge in [-0.3, -0.25) is 4.79 Å². The molecule has 0 aliphatic rings. The second-order valence-corrected chi connectivity index (χ2v) is 13.4. The standard InChI is InChI=1S/C42H77NO2/c1-5-7-9-11-13-15-17-19-21-23-25-27-29-31-33-35-38-41(45-42(44)39-36-40-43(3)4)37-34-32-30-28-26-24-22-20-18-16-14-12-10-8-6-2/h13-16,18-21,41H,5-12,17,22-40H2,1-4H3/b15-13-,16-14+,20-18-,21-19-. The van der Waals surface area contributed by atoms with Crippen molar-refractivity contribution in [3.63, 3.8) is 0 Å². The van der Waals surface area contributed by atoms with Gasteiger partial charge in [0.05, 0.1) is 0 Å². The van der Waals surface area contributed by atoms with Crippen LogP contribution in [0.5, 0.6) is 0 Å². The lowest BCUT2D eigenvalue weighted by atomic mass is 10.0. The van der Waals surface area contributed by atoms with E-state index in [0.29, 0.717) is 6.42 Å². The summed E-state index contributed by atoms with van der Waals surface area (Å²) in [4.78, 5) is 14.6. The first-order chi connectivity index (χ1) is 22.1. The molecule has 0 aromatic carbocycles. The summed E-state index contributed by atoms with van der Waals surface area (Å²) in [5, 5.41) is 0. The molecular weight excluding hydrogens is 550 g/mol. The Kier molecular flexibility index (Phi) is 35.5. The third kappa shape index (κ3) is 36.7. The minimum Gasteiger partial charge on any atom is -0.462 e. The molecule has 3 nitrogen and oxygen atoms in total.